The lowest BCUT2D eigenvalue weighted by Crippen LogP contribution is -2.41. The van der Waals surface area contributed by atoms with Crippen molar-refractivity contribution in [1.29, 1.82) is 0 Å². The number of para-hydroxylation sites is 2. The molecule has 0 unspecified atom stereocenters. The van der Waals surface area contributed by atoms with Crippen LogP contribution in [0.15, 0.2) is 60.8 Å². The quantitative estimate of drug-likeness (QED) is 0.658. The number of anilines is 1. The van der Waals surface area contributed by atoms with E-state index in [0.717, 1.165) is 36.9 Å². The molecule has 3 aromatic rings. The number of carbonyl (C=O) groups excluding carboxylic acids is 2. The molecule has 1 aliphatic heterocycles. The molecule has 4 rings (SSSR count). The fourth-order valence-corrected chi connectivity index (χ4v) is 4.08. The van der Waals surface area contributed by atoms with Gasteiger partial charge in [-0.3, -0.25) is 9.59 Å². The minimum atomic E-state index is -0.0227. The number of likely N-dealkylation sites (tertiary alicyclic amines) is 1. The summed E-state index contributed by atoms with van der Waals surface area (Å²) in [5, 5.41) is 4.22. The van der Waals surface area contributed by atoms with E-state index in [9.17, 15) is 9.59 Å². The summed E-state index contributed by atoms with van der Waals surface area (Å²) in [6.45, 7) is 1.33. The molecular formula is C24H27N3O2. The second-order valence-corrected chi connectivity index (χ2v) is 7.72. The topological polar surface area (TPSA) is 65.2 Å². The summed E-state index contributed by atoms with van der Waals surface area (Å²) in [6, 6.07) is 17.8. The average Bonchev–Trinajstić information content (AvgIpc) is 3.18. The van der Waals surface area contributed by atoms with E-state index in [0.29, 0.717) is 19.5 Å². The van der Waals surface area contributed by atoms with Gasteiger partial charge in [0.05, 0.1) is 0 Å². The number of nitrogens with zero attached hydrogens (tertiary/aromatic N) is 1. The van der Waals surface area contributed by atoms with Crippen LogP contribution in [0.4, 0.5) is 5.69 Å². The average molecular weight is 389 g/mol. The van der Waals surface area contributed by atoms with Crippen molar-refractivity contribution in [3.8, 4) is 0 Å². The van der Waals surface area contributed by atoms with Gasteiger partial charge in [-0.05, 0) is 49.4 Å². The van der Waals surface area contributed by atoms with E-state index >= 15 is 0 Å². The van der Waals surface area contributed by atoms with Crippen LogP contribution in [0.1, 0.15) is 31.2 Å². The van der Waals surface area contributed by atoms with Gasteiger partial charge >= 0.3 is 0 Å². The maximum absolute atomic E-state index is 12.6. The van der Waals surface area contributed by atoms with E-state index in [1.165, 1.54) is 10.9 Å². The van der Waals surface area contributed by atoms with Crippen molar-refractivity contribution >= 4 is 28.4 Å². The molecule has 0 spiro atoms. The molecule has 0 atom stereocenters. The number of aryl methyl sites for hydroxylation is 1. The number of amides is 2. The van der Waals surface area contributed by atoms with Gasteiger partial charge in [-0.2, -0.15) is 0 Å². The number of aromatic nitrogens is 1. The van der Waals surface area contributed by atoms with Crippen molar-refractivity contribution in [2.75, 3.05) is 18.4 Å². The second kappa shape index (κ2) is 8.95. The molecule has 5 heteroatoms. The van der Waals surface area contributed by atoms with Gasteiger partial charge in [0.25, 0.3) is 0 Å². The molecule has 0 saturated carbocycles. The normalized spacial score (nSPS) is 14.8. The number of H-pyrrole nitrogens is 1. The first-order valence-corrected chi connectivity index (χ1v) is 10.4. The lowest BCUT2D eigenvalue weighted by Gasteiger charge is -2.31. The van der Waals surface area contributed by atoms with Crippen LogP contribution in [0.5, 0.6) is 0 Å². The molecule has 1 aliphatic rings. The van der Waals surface area contributed by atoms with Crippen LogP contribution in [-0.4, -0.2) is 34.8 Å². The van der Waals surface area contributed by atoms with E-state index < -0.39 is 0 Å². The van der Waals surface area contributed by atoms with E-state index in [2.05, 4.69) is 22.4 Å². The van der Waals surface area contributed by atoms with Crippen molar-refractivity contribution < 1.29 is 9.59 Å². The number of hydrogen-bond acceptors (Lipinski definition) is 2. The van der Waals surface area contributed by atoms with Gasteiger partial charge in [-0.15, -0.1) is 0 Å². The number of fused-ring (bicyclic) bond motifs is 1. The number of rotatable bonds is 6. The zero-order chi connectivity index (χ0) is 20.1. The van der Waals surface area contributed by atoms with Gasteiger partial charge < -0.3 is 15.2 Å². The van der Waals surface area contributed by atoms with Gasteiger partial charge in [0.15, 0.2) is 0 Å². The molecule has 2 heterocycles. The van der Waals surface area contributed by atoms with Crippen LogP contribution < -0.4 is 5.32 Å². The van der Waals surface area contributed by atoms with E-state index in [1.54, 1.807) is 0 Å². The number of aromatic amines is 1. The van der Waals surface area contributed by atoms with Gasteiger partial charge in [-0.25, -0.2) is 0 Å². The third-order valence-electron chi connectivity index (χ3n) is 5.77. The molecule has 0 radical (unpaired) electrons. The Morgan fingerprint density at radius 2 is 1.72 bits per heavy atom. The Morgan fingerprint density at radius 1 is 1.00 bits per heavy atom. The highest BCUT2D eigenvalue weighted by Gasteiger charge is 2.27. The van der Waals surface area contributed by atoms with Crippen molar-refractivity contribution in [3.05, 3.63) is 66.4 Å². The Morgan fingerprint density at radius 3 is 2.52 bits per heavy atom. The molecule has 0 aliphatic carbocycles. The Kier molecular flexibility index (Phi) is 5.94. The number of hydrogen-bond donors (Lipinski definition) is 2. The SMILES string of the molecule is O=C(Nc1ccccc1)C1CCN(C(=O)CCCc2c[nH]c3ccccc23)CC1. The van der Waals surface area contributed by atoms with Crippen LogP contribution >= 0.6 is 0 Å². The van der Waals surface area contributed by atoms with Crippen LogP contribution in [0.25, 0.3) is 10.9 Å². The monoisotopic (exact) mass is 389 g/mol. The minimum Gasteiger partial charge on any atom is -0.361 e. The van der Waals surface area contributed by atoms with Crippen LogP contribution in [-0.2, 0) is 16.0 Å². The summed E-state index contributed by atoms with van der Waals surface area (Å²) in [6.07, 6.45) is 5.80. The molecule has 5 nitrogen and oxygen atoms in total. The van der Waals surface area contributed by atoms with Crippen LogP contribution in [0.2, 0.25) is 0 Å². The fourth-order valence-electron chi connectivity index (χ4n) is 4.08. The largest absolute Gasteiger partial charge is 0.361 e. The molecule has 29 heavy (non-hydrogen) atoms. The highest BCUT2D eigenvalue weighted by Crippen LogP contribution is 2.22. The first-order chi connectivity index (χ1) is 14.2. The molecule has 1 saturated heterocycles. The summed E-state index contributed by atoms with van der Waals surface area (Å²) in [5.74, 6) is 0.236. The Labute approximate surface area is 171 Å². The van der Waals surface area contributed by atoms with Crippen molar-refractivity contribution in [2.45, 2.75) is 32.1 Å². The highest BCUT2D eigenvalue weighted by atomic mass is 16.2. The summed E-state index contributed by atoms with van der Waals surface area (Å²) in [7, 11) is 0. The molecule has 2 amide bonds. The predicted molar refractivity (Wildman–Crippen MR) is 116 cm³/mol. The Hall–Kier alpha value is -3.08. The van der Waals surface area contributed by atoms with Crippen LogP contribution in [0, 0.1) is 5.92 Å². The third kappa shape index (κ3) is 4.67. The van der Waals surface area contributed by atoms with Gasteiger partial charge in [-0.1, -0.05) is 36.4 Å². The number of carbonyl (C=O) groups is 2. The van der Waals surface area contributed by atoms with Gasteiger partial charge in [0.2, 0.25) is 11.8 Å². The molecule has 1 aromatic heterocycles. The zero-order valence-corrected chi connectivity index (χ0v) is 16.6. The molecule has 1 fully saturated rings. The molecular weight excluding hydrogens is 362 g/mol. The lowest BCUT2D eigenvalue weighted by molar-refractivity contribution is -0.134. The number of benzene rings is 2. The molecule has 2 aromatic carbocycles. The lowest BCUT2D eigenvalue weighted by atomic mass is 9.95. The first-order valence-electron chi connectivity index (χ1n) is 10.4. The predicted octanol–water partition coefficient (Wildman–Crippen LogP) is 4.37. The highest BCUT2D eigenvalue weighted by molar-refractivity contribution is 5.92. The number of piperidine rings is 1. The molecule has 0 bridgehead atoms. The Bertz CT molecular complexity index is 972. The minimum absolute atomic E-state index is 0.0227. The summed E-state index contributed by atoms with van der Waals surface area (Å²) >= 11 is 0. The fraction of sp³-hybridized carbons (Fsp3) is 0.333. The molecule has 150 valence electrons. The smallest absolute Gasteiger partial charge is 0.227 e. The zero-order valence-electron chi connectivity index (χ0n) is 16.6. The summed E-state index contributed by atoms with van der Waals surface area (Å²) in [5.41, 5.74) is 3.24. The Balaban J connectivity index is 1.21. The van der Waals surface area contributed by atoms with Crippen molar-refractivity contribution in [1.82, 2.24) is 9.88 Å². The summed E-state index contributed by atoms with van der Waals surface area (Å²) < 4.78 is 0. The first kappa shape index (κ1) is 19.2. The number of nitrogens with one attached hydrogen (secondary N) is 2. The van der Waals surface area contributed by atoms with Crippen molar-refractivity contribution in [2.24, 2.45) is 5.92 Å². The van der Waals surface area contributed by atoms with E-state index in [1.807, 2.05) is 53.6 Å². The third-order valence-corrected chi connectivity index (χ3v) is 5.77. The maximum Gasteiger partial charge on any atom is 0.227 e. The summed E-state index contributed by atoms with van der Waals surface area (Å²) in [4.78, 5) is 30.2. The molecule has 2 N–H and O–H groups in total. The maximum atomic E-state index is 12.6. The van der Waals surface area contributed by atoms with E-state index in [4.69, 9.17) is 0 Å². The standard InChI is InChI=1S/C24H27N3O2/c28-23(12-6-7-19-17-25-22-11-5-4-10-21(19)22)27-15-13-18(14-16-27)24(29)26-20-8-2-1-3-9-20/h1-5,8-11,17-18,25H,6-7,12-16H2,(H,26,29). The van der Waals surface area contributed by atoms with Gasteiger partial charge in [0.1, 0.15) is 0 Å². The van der Waals surface area contributed by atoms with Crippen molar-refractivity contribution in [3.63, 3.8) is 0 Å². The van der Waals surface area contributed by atoms with E-state index in [-0.39, 0.29) is 17.7 Å². The van der Waals surface area contributed by atoms with Crippen LogP contribution in [0.3, 0.4) is 0 Å². The second-order valence-electron chi connectivity index (χ2n) is 7.72. The van der Waals surface area contributed by atoms with Gasteiger partial charge in [0, 0.05) is 48.2 Å².